The molecule has 0 radical (unpaired) electrons. The van der Waals surface area contributed by atoms with Crippen LogP contribution in [0.3, 0.4) is 0 Å². The van der Waals surface area contributed by atoms with Gasteiger partial charge in [0.05, 0.1) is 12.4 Å². The average Bonchev–Trinajstić information content (AvgIpc) is 2.01. The van der Waals surface area contributed by atoms with Crippen LogP contribution in [0.5, 0.6) is 0 Å². The van der Waals surface area contributed by atoms with Crippen LogP contribution in [0.1, 0.15) is 14.3 Å². The molecular weight excluding hydrogens is 219 g/mol. The Bertz CT molecular complexity index is 277. The van der Waals surface area contributed by atoms with E-state index in [9.17, 15) is 13.2 Å². The minimum absolute atomic E-state index is 0. The van der Waals surface area contributed by atoms with Gasteiger partial charge in [-0.25, -0.2) is 4.79 Å². The number of carbonyl (C=O) groups excluding carboxylic acids is 1. The van der Waals surface area contributed by atoms with E-state index in [4.69, 9.17) is 4.55 Å². The normalized spacial score (nSPS) is 10.1. The summed E-state index contributed by atoms with van der Waals surface area (Å²) in [5, 5.41) is 0. The van der Waals surface area contributed by atoms with Gasteiger partial charge in [-0.2, -0.15) is 8.42 Å². The third-order valence-corrected chi connectivity index (χ3v) is 2.01. The van der Waals surface area contributed by atoms with Crippen molar-refractivity contribution in [2.24, 2.45) is 0 Å². The number of unbranched alkanes of at least 4 members (excludes halogenated alkanes) is 1. The molecule has 0 atom stereocenters. The van der Waals surface area contributed by atoms with Crippen molar-refractivity contribution in [1.29, 1.82) is 0 Å². The van der Waals surface area contributed by atoms with E-state index in [0.717, 1.165) is 6.08 Å². The topological polar surface area (TPSA) is 80.7 Å². The summed E-state index contributed by atoms with van der Waals surface area (Å²) >= 11 is 0. The summed E-state index contributed by atoms with van der Waals surface area (Å²) in [6.07, 6.45) is 1.70. The Morgan fingerprint density at radius 2 is 2.07 bits per heavy atom. The van der Waals surface area contributed by atoms with Gasteiger partial charge in [-0.05, 0) is 12.8 Å². The van der Waals surface area contributed by atoms with Gasteiger partial charge in [0, 0.05) is 6.08 Å². The number of carbonyl (C=O) groups is 1. The largest absolute Gasteiger partial charge is 1.00 e. The van der Waals surface area contributed by atoms with E-state index in [0.29, 0.717) is 6.42 Å². The molecule has 1 N–H and O–H groups in total. The maximum absolute atomic E-state index is 10.5. The summed E-state index contributed by atoms with van der Waals surface area (Å²) in [7, 11) is -3.89. The maximum atomic E-state index is 10.5. The smallest absolute Gasteiger partial charge is 1.00 e. The molecule has 0 aliphatic rings. The molecule has 5 nitrogen and oxygen atoms in total. The molecule has 7 heteroatoms. The fraction of sp³-hybridized carbons (Fsp3) is 0.571. The first-order valence-corrected chi connectivity index (χ1v) is 5.31. The quantitative estimate of drug-likeness (QED) is 0.180. The summed E-state index contributed by atoms with van der Waals surface area (Å²) in [6.45, 7) is 3.33. The van der Waals surface area contributed by atoms with Gasteiger partial charge in [0.2, 0.25) is 0 Å². The molecule has 0 heterocycles. The fourth-order valence-electron chi connectivity index (χ4n) is 0.618. The zero-order chi connectivity index (χ0) is 10.3. The van der Waals surface area contributed by atoms with E-state index in [1.165, 1.54) is 0 Å². The van der Waals surface area contributed by atoms with Crippen molar-refractivity contribution in [3.8, 4) is 0 Å². The van der Waals surface area contributed by atoms with Crippen LogP contribution in [-0.2, 0) is 19.6 Å². The molecular formula is C7H13NaO5S. The van der Waals surface area contributed by atoms with Crippen LogP contribution >= 0.6 is 0 Å². The first-order valence-electron chi connectivity index (χ1n) is 3.70. The van der Waals surface area contributed by atoms with Crippen molar-refractivity contribution in [1.82, 2.24) is 0 Å². The van der Waals surface area contributed by atoms with Crippen LogP contribution in [0, 0.1) is 0 Å². The Hall–Kier alpha value is 0.120. The molecule has 0 rings (SSSR count). The number of hydrogen-bond acceptors (Lipinski definition) is 4. The summed E-state index contributed by atoms with van der Waals surface area (Å²) in [4.78, 5) is 10.5. The van der Waals surface area contributed by atoms with Crippen molar-refractivity contribution in [3.63, 3.8) is 0 Å². The van der Waals surface area contributed by atoms with E-state index < -0.39 is 16.1 Å². The van der Waals surface area contributed by atoms with Gasteiger partial charge in [0.1, 0.15) is 0 Å². The Labute approximate surface area is 107 Å². The average molecular weight is 232 g/mol. The maximum Gasteiger partial charge on any atom is 1.00 e. The summed E-state index contributed by atoms with van der Waals surface area (Å²) in [5.41, 5.74) is 0. The fourth-order valence-corrected chi connectivity index (χ4v) is 1.19. The summed E-state index contributed by atoms with van der Waals surface area (Å²) in [5.74, 6) is -0.842. The molecule has 78 valence electrons. The molecule has 0 bridgehead atoms. The number of esters is 1. The number of rotatable bonds is 6. The monoisotopic (exact) mass is 232 g/mol. The minimum atomic E-state index is -3.89. The molecule has 0 aromatic heterocycles. The zero-order valence-corrected chi connectivity index (χ0v) is 10.9. The van der Waals surface area contributed by atoms with E-state index in [1.54, 1.807) is 0 Å². The zero-order valence-electron chi connectivity index (χ0n) is 9.10. The van der Waals surface area contributed by atoms with E-state index >= 15 is 0 Å². The molecule has 0 aliphatic heterocycles. The summed E-state index contributed by atoms with van der Waals surface area (Å²) < 4.78 is 33.3. The van der Waals surface area contributed by atoms with Gasteiger partial charge in [-0.1, -0.05) is 6.58 Å². The van der Waals surface area contributed by atoms with Gasteiger partial charge in [0.25, 0.3) is 10.1 Å². The van der Waals surface area contributed by atoms with Crippen molar-refractivity contribution in [3.05, 3.63) is 12.7 Å². The van der Waals surface area contributed by atoms with Crippen LogP contribution in [0.25, 0.3) is 0 Å². The molecule has 0 aromatic carbocycles. The molecule has 0 aliphatic carbocycles. The van der Waals surface area contributed by atoms with Crippen LogP contribution in [0.15, 0.2) is 12.7 Å². The Morgan fingerprint density at radius 3 is 2.50 bits per heavy atom. The van der Waals surface area contributed by atoms with E-state index in [1.807, 2.05) is 0 Å². The first kappa shape index (κ1) is 16.5. The second kappa shape index (κ2) is 8.43. The van der Waals surface area contributed by atoms with Gasteiger partial charge in [-0.15, -0.1) is 0 Å². The SMILES string of the molecule is C=CC(=O)OCCCCS(=O)(=O)O.[H-].[Na+]. The molecule has 0 amide bonds. The van der Waals surface area contributed by atoms with Gasteiger partial charge in [0.15, 0.2) is 0 Å². The molecule has 0 saturated heterocycles. The van der Waals surface area contributed by atoms with Gasteiger partial charge in [-0.3, -0.25) is 4.55 Å². The minimum Gasteiger partial charge on any atom is -1.00 e. The third kappa shape index (κ3) is 12.1. The second-order valence-corrected chi connectivity index (χ2v) is 3.94. The van der Waals surface area contributed by atoms with Crippen LogP contribution < -0.4 is 29.6 Å². The van der Waals surface area contributed by atoms with E-state index in [2.05, 4.69) is 11.3 Å². The number of hydrogen-bond donors (Lipinski definition) is 1. The van der Waals surface area contributed by atoms with E-state index in [-0.39, 0.29) is 49.8 Å². The predicted molar refractivity (Wildman–Crippen MR) is 47.9 cm³/mol. The van der Waals surface area contributed by atoms with Crippen molar-refractivity contribution >= 4 is 16.1 Å². The van der Waals surface area contributed by atoms with Crippen LogP contribution in [0.4, 0.5) is 0 Å². The Balaban J connectivity index is -0.000000720. The third-order valence-electron chi connectivity index (χ3n) is 1.21. The van der Waals surface area contributed by atoms with Crippen LogP contribution in [0.2, 0.25) is 0 Å². The van der Waals surface area contributed by atoms with Gasteiger partial charge >= 0.3 is 35.5 Å². The summed E-state index contributed by atoms with van der Waals surface area (Å²) in [6, 6.07) is 0. The molecule has 0 aromatic rings. The van der Waals surface area contributed by atoms with Crippen molar-refractivity contribution < 1.29 is 53.5 Å². The van der Waals surface area contributed by atoms with Crippen molar-refractivity contribution in [2.75, 3.05) is 12.4 Å². The number of ether oxygens (including phenoxy) is 1. The standard InChI is InChI=1S/C7H12O5S.Na.H/c1-2-7(8)12-5-3-4-6-13(9,10)11;;/h2H,1,3-6H2,(H,9,10,11);;/q;+1;-1. The predicted octanol–water partition coefficient (Wildman–Crippen LogP) is -2.50. The first-order chi connectivity index (χ1) is 5.95. The Kier molecular flexibility index (Phi) is 9.96. The molecule has 14 heavy (non-hydrogen) atoms. The molecule has 0 fully saturated rings. The second-order valence-electron chi connectivity index (χ2n) is 2.36. The van der Waals surface area contributed by atoms with Crippen LogP contribution in [-0.4, -0.2) is 31.3 Å². The Morgan fingerprint density at radius 1 is 1.50 bits per heavy atom. The van der Waals surface area contributed by atoms with Crippen molar-refractivity contribution in [2.45, 2.75) is 12.8 Å². The van der Waals surface area contributed by atoms with Gasteiger partial charge < -0.3 is 6.16 Å². The molecule has 0 saturated carbocycles. The molecule has 0 unspecified atom stereocenters. The molecule has 0 spiro atoms.